The summed E-state index contributed by atoms with van der Waals surface area (Å²) < 4.78 is 52.3. The molecule has 1 aliphatic carbocycles. The van der Waals surface area contributed by atoms with E-state index in [4.69, 9.17) is 0 Å². The van der Waals surface area contributed by atoms with Crippen molar-refractivity contribution < 1.29 is 31.9 Å². The second kappa shape index (κ2) is 7.52. The molecular weight excluding hydrogens is 380 g/mol. The Bertz CT molecular complexity index is 785. The lowest BCUT2D eigenvalue weighted by Gasteiger charge is -2.23. The second-order valence-electron chi connectivity index (χ2n) is 7.24. The minimum absolute atomic E-state index is 0.304. The van der Waals surface area contributed by atoms with Gasteiger partial charge in [-0.15, -0.1) is 0 Å². The van der Waals surface area contributed by atoms with Crippen LogP contribution in [0.2, 0.25) is 0 Å². The molecule has 3 unspecified atom stereocenters. The van der Waals surface area contributed by atoms with E-state index in [2.05, 4.69) is 5.32 Å². The number of likely N-dealkylation sites (tertiary alicyclic amines) is 1. The molecule has 0 bridgehead atoms. The van der Waals surface area contributed by atoms with E-state index in [9.17, 15) is 31.9 Å². The van der Waals surface area contributed by atoms with Crippen LogP contribution in [0.4, 0.5) is 17.6 Å². The Morgan fingerprint density at radius 3 is 2.29 bits per heavy atom. The van der Waals surface area contributed by atoms with Crippen molar-refractivity contribution in [1.29, 1.82) is 0 Å². The Kier molecular flexibility index (Phi) is 5.45. The van der Waals surface area contributed by atoms with Crippen LogP contribution in [-0.2, 0) is 27.1 Å². The number of imide groups is 1. The highest BCUT2D eigenvalue weighted by molar-refractivity contribution is 6.08. The molecule has 3 rings (SSSR count). The summed E-state index contributed by atoms with van der Waals surface area (Å²) in [7, 11) is 0. The lowest BCUT2D eigenvalue weighted by Crippen LogP contribution is -2.48. The van der Waals surface area contributed by atoms with Gasteiger partial charge in [-0.05, 0) is 37.5 Å². The Morgan fingerprint density at radius 1 is 1.18 bits per heavy atom. The number of hydrogen-bond acceptors (Lipinski definition) is 3. The average Bonchev–Trinajstić information content (AvgIpc) is 2.90. The first-order valence-electron chi connectivity index (χ1n) is 9.11. The summed E-state index contributed by atoms with van der Waals surface area (Å²) in [6.07, 6.45) is -1.88. The fraction of sp³-hybridized carbons (Fsp3) is 0.526. The first-order chi connectivity index (χ1) is 13.1. The van der Waals surface area contributed by atoms with Gasteiger partial charge in [0.15, 0.2) is 0 Å². The zero-order valence-corrected chi connectivity index (χ0v) is 15.2. The number of hydrogen-bond donors (Lipinski definition) is 1. The summed E-state index contributed by atoms with van der Waals surface area (Å²) >= 11 is 0. The third-order valence-electron chi connectivity index (χ3n) is 5.47. The van der Waals surface area contributed by atoms with E-state index in [-0.39, 0.29) is 5.56 Å². The summed E-state index contributed by atoms with van der Waals surface area (Å²) in [5, 5.41) is 2.32. The first-order valence-corrected chi connectivity index (χ1v) is 9.11. The molecule has 3 atom stereocenters. The Labute approximate surface area is 159 Å². The van der Waals surface area contributed by atoms with Gasteiger partial charge in [-0.3, -0.25) is 19.3 Å². The normalized spacial score (nSPS) is 23.5. The number of carbonyl (C=O) groups excluding carboxylic acids is 3. The van der Waals surface area contributed by atoms with Crippen molar-refractivity contribution in [3.05, 3.63) is 35.1 Å². The number of alkyl halides is 3. The van der Waals surface area contributed by atoms with Gasteiger partial charge in [0.1, 0.15) is 11.9 Å². The first kappa shape index (κ1) is 20.3. The smallest absolute Gasteiger partial charge is 0.350 e. The van der Waals surface area contributed by atoms with Gasteiger partial charge in [0.25, 0.3) is 0 Å². The molecule has 5 nitrogen and oxygen atoms in total. The van der Waals surface area contributed by atoms with Gasteiger partial charge in [-0.1, -0.05) is 18.9 Å². The molecule has 3 amide bonds. The van der Waals surface area contributed by atoms with Crippen LogP contribution in [0.3, 0.4) is 0 Å². The van der Waals surface area contributed by atoms with Crippen LogP contribution in [0.25, 0.3) is 0 Å². The van der Waals surface area contributed by atoms with Gasteiger partial charge in [-0.2, -0.15) is 13.2 Å². The molecule has 1 aromatic carbocycles. The fourth-order valence-electron chi connectivity index (χ4n) is 3.98. The van der Waals surface area contributed by atoms with Crippen molar-refractivity contribution in [2.45, 2.75) is 51.4 Å². The zero-order chi connectivity index (χ0) is 20.6. The molecule has 0 spiro atoms. The summed E-state index contributed by atoms with van der Waals surface area (Å²) in [4.78, 5) is 38.4. The molecule has 1 aliphatic heterocycles. The van der Waals surface area contributed by atoms with Crippen LogP contribution in [0.15, 0.2) is 18.2 Å². The van der Waals surface area contributed by atoms with Crippen LogP contribution in [0, 0.1) is 17.7 Å². The minimum atomic E-state index is -4.77. The summed E-state index contributed by atoms with van der Waals surface area (Å²) in [6, 6.07) is 1.06. The predicted molar refractivity (Wildman–Crippen MR) is 90.0 cm³/mol. The van der Waals surface area contributed by atoms with E-state index >= 15 is 0 Å². The van der Waals surface area contributed by atoms with Crippen molar-refractivity contribution in [3.8, 4) is 0 Å². The van der Waals surface area contributed by atoms with Gasteiger partial charge in [0, 0.05) is 6.54 Å². The molecule has 0 radical (unpaired) electrons. The Morgan fingerprint density at radius 2 is 1.75 bits per heavy atom. The van der Waals surface area contributed by atoms with Crippen molar-refractivity contribution in [2.75, 3.05) is 0 Å². The highest BCUT2D eigenvalue weighted by Gasteiger charge is 2.50. The molecule has 0 aromatic heterocycles. The topological polar surface area (TPSA) is 66.5 Å². The van der Waals surface area contributed by atoms with Crippen molar-refractivity contribution in [3.63, 3.8) is 0 Å². The third-order valence-corrected chi connectivity index (χ3v) is 5.47. The third kappa shape index (κ3) is 3.74. The zero-order valence-electron chi connectivity index (χ0n) is 15.2. The number of fused-ring (bicyclic) bond motifs is 1. The van der Waals surface area contributed by atoms with Gasteiger partial charge in [-0.25, -0.2) is 4.39 Å². The molecule has 28 heavy (non-hydrogen) atoms. The molecule has 2 aliphatic rings. The van der Waals surface area contributed by atoms with Crippen LogP contribution in [-0.4, -0.2) is 28.7 Å². The van der Waals surface area contributed by atoms with Crippen LogP contribution in [0.5, 0.6) is 0 Å². The maximum Gasteiger partial charge on any atom is 0.416 e. The Balaban J connectivity index is 1.70. The average molecular weight is 400 g/mol. The highest BCUT2D eigenvalue weighted by atomic mass is 19.4. The van der Waals surface area contributed by atoms with Crippen LogP contribution in [0.1, 0.15) is 43.7 Å². The minimum Gasteiger partial charge on any atom is -0.350 e. The lowest BCUT2D eigenvalue weighted by molar-refractivity contribution is -0.147. The van der Waals surface area contributed by atoms with E-state index in [0.717, 1.165) is 29.9 Å². The molecule has 9 heteroatoms. The monoisotopic (exact) mass is 400 g/mol. The van der Waals surface area contributed by atoms with Crippen LogP contribution >= 0.6 is 0 Å². The molecule has 2 fully saturated rings. The van der Waals surface area contributed by atoms with E-state index < -0.39 is 59.7 Å². The Hall–Kier alpha value is -2.45. The number of rotatable bonds is 4. The SMILES string of the molecule is CC(C(=O)NCc1ccc(F)cc1C(F)(F)F)N1C(=O)C2CCCCC2C1=O. The fourth-order valence-corrected chi connectivity index (χ4v) is 3.98. The molecular formula is C19H20F4N2O3. The van der Waals surface area contributed by atoms with Gasteiger partial charge in [0.05, 0.1) is 17.4 Å². The van der Waals surface area contributed by atoms with Crippen molar-refractivity contribution in [1.82, 2.24) is 10.2 Å². The largest absolute Gasteiger partial charge is 0.416 e. The lowest BCUT2D eigenvalue weighted by atomic mass is 9.81. The molecule has 1 N–H and O–H groups in total. The van der Waals surface area contributed by atoms with E-state index in [0.29, 0.717) is 18.9 Å². The number of nitrogens with one attached hydrogen (secondary N) is 1. The van der Waals surface area contributed by atoms with Gasteiger partial charge >= 0.3 is 6.18 Å². The van der Waals surface area contributed by atoms with Gasteiger partial charge < -0.3 is 5.32 Å². The van der Waals surface area contributed by atoms with E-state index in [1.165, 1.54) is 6.92 Å². The molecule has 152 valence electrons. The van der Waals surface area contributed by atoms with Gasteiger partial charge in [0.2, 0.25) is 17.7 Å². The summed E-state index contributed by atoms with van der Waals surface area (Å²) in [5.74, 6) is -3.38. The van der Waals surface area contributed by atoms with E-state index in [1.54, 1.807) is 0 Å². The quantitative estimate of drug-likeness (QED) is 0.624. The highest BCUT2D eigenvalue weighted by Crippen LogP contribution is 2.39. The maximum absolute atomic E-state index is 13.2. The predicted octanol–water partition coefficient (Wildman–Crippen LogP) is 3.02. The molecule has 1 heterocycles. The number of amides is 3. The maximum atomic E-state index is 13.2. The summed E-state index contributed by atoms with van der Waals surface area (Å²) in [6.45, 7) is 0.874. The molecule has 1 aromatic rings. The summed E-state index contributed by atoms with van der Waals surface area (Å²) in [5.41, 5.74) is -1.48. The molecule has 1 saturated carbocycles. The standard InChI is InChI=1S/C19H20F4N2O3/c1-10(25-17(27)13-4-2-3-5-14(13)18(25)28)16(26)24-9-11-6-7-12(20)8-15(11)19(21,22)23/h6-8,10,13-14H,2-5,9H2,1H3,(H,24,26). The number of carbonyl (C=O) groups is 3. The van der Waals surface area contributed by atoms with Crippen molar-refractivity contribution >= 4 is 17.7 Å². The van der Waals surface area contributed by atoms with E-state index in [1.807, 2.05) is 0 Å². The molecule has 1 saturated heterocycles. The van der Waals surface area contributed by atoms with Crippen LogP contribution < -0.4 is 5.32 Å². The number of benzene rings is 1. The number of nitrogens with zero attached hydrogens (tertiary/aromatic N) is 1. The number of halogens is 4. The van der Waals surface area contributed by atoms with Crippen molar-refractivity contribution in [2.24, 2.45) is 11.8 Å². The second-order valence-corrected chi connectivity index (χ2v) is 7.24.